The fourth-order valence-electron chi connectivity index (χ4n) is 18.7. The largest absolute Gasteiger partial charge is 0.394 e. The van der Waals surface area contributed by atoms with E-state index in [4.69, 9.17) is 109 Å². The van der Waals surface area contributed by atoms with Crippen molar-refractivity contribution < 1.29 is 297 Å². The molecule has 0 bridgehead atoms. The quantitative estimate of drug-likeness (QED) is 0.0275. The van der Waals surface area contributed by atoms with E-state index in [1.807, 2.05) is 0 Å². The number of carbonyl (C=O) groups excluding carboxylic acids is 4. The lowest BCUT2D eigenvalue weighted by molar-refractivity contribution is -0.400. The molecule has 834 valence electrons. The van der Waals surface area contributed by atoms with Crippen LogP contribution in [0.4, 0.5) is 0 Å². The van der Waals surface area contributed by atoms with Crippen LogP contribution >= 0.6 is 0 Å². The number of hydrogen-bond acceptors (Lipinski definition) is 60. The van der Waals surface area contributed by atoms with E-state index in [1.54, 1.807) is 0 Å². The van der Waals surface area contributed by atoms with E-state index < -0.39 is 465 Å². The van der Waals surface area contributed by atoms with Gasteiger partial charge in [-0.25, -0.2) is 0 Å². The highest BCUT2D eigenvalue weighted by Crippen LogP contribution is 2.43. The van der Waals surface area contributed by atoms with Gasteiger partial charge in [0.1, 0.15) is 287 Å². The molecule has 12 aliphatic heterocycles. The van der Waals surface area contributed by atoms with Crippen molar-refractivity contribution in [3.8, 4) is 0 Å². The molecule has 12 saturated heterocycles. The minimum absolute atomic E-state index is 0.874. The first-order valence-corrected chi connectivity index (χ1v) is 46.0. The highest BCUT2D eigenvalue weighted by atomic mass is 16.8. The molecule has 0 saturated carbocycles. The first-order valence-electron chi connectivity index (χ1n) is 46.0. The van der Waals surface area contributed by atoms with E-state index in [2.05, 4.69) is 21.3 Å². The third-order valence-corrected chi connectivity index (χ3v) is 26.6. The molecular formula is C80H134N4O60. The lowest BCUT2D eigenvalue weighted by atomic mass is 9.93. The molecule has 0 spiro atoms. The third kappa shape index (κ3) is 25.8. The maximum atomic E-state index is 13.4. The zero-order valence-corrected chi connectivity index (χ0v) is 77.2. The maximum Gasteiger partial charge on any atom is 0.217 e. The van der Waals surface area contributed by atoms with Gasteiger partial charge in [0, 0.05) is 27.7 Å². The molecule has 12 heterocycles. The molecule has 144 heavy (non-hydrogen) atoms. The van der Waals surface area contributed by atoms with Crippen LogP contribution in [-0.2, 0) is 128 Å². The van der Waals surface area contributed by atoms with Gasteiger partial charge in [-0.2, -0.15) is 0 Å². The van der Waals surface area contributed by atoms with Gasteiger partial charge < -0.3 is 299 Å². The van der Waals surface area contributed by atoms with Crippen molar-refractivity contribution >= 4 is 23.6 Å². The number of aliphatic hydroxyl groups is 33. The van der Waals surface area contributed by atoms with Crippen LogP contribution in [0.15, 0.2) is 0 Å². The number of aliphatic hydroxyl groups excluding tert-OH is 33. The van der Waals surface area contributed by atoms with Crippen molar-refractivity contribution in [3.63, 3.8) is 0 Å². The van der Waals surface area contributed by atoms with Gasteiger partial charge in [0.15, 0.2) is 75.5 Å². The lowest BCUT2D eigenvalue weighted by Crippen LogP contribution is -2.71. The van der Waals surface area contributed by atoms with Gasteiger partial charge in [0.05, 0.1) is 78.8 Å². The van der Waals surface area contributed by atoms with Crippen molar-refractivity contribution in [2.45, 2.75) is 403 Å². The molecule has 64 heteroatoms. The lowest BCUT2D eigenvalue weighted by Gasteiger charge is -2.51. The van der Waals surface area contributed by atoms with Crippen molar-refractivity contribution in [2.75, 3.05) is 72.7 Å². The summed E-state index contributed by atoms with van der Waals surface area (Å²) in [4.78, 5) is 52.5. The van der Waals surface area contributed by atoms with Gasteiger partial charge in [-0.15, -0.1) is 0 Å². The molecule has 12 fully saturated rings. The summed E-state index contributed by atoms with van der Waals surface area (Å²) in [6, 6.07) is -8.05. The summed E-state index contributed by atoms with van der Waals surface area (Å²) >= 11 is 0. The fourth-order valence-corrected chi connectivity index (χ4v) is 18.7. The Bertz CT molecular complexity index is 3980. The molecule has 12 rings (SSSR count). The van der Waals surface area contributed by atoms with Crippen LogP contribution in [0.25, 0.3) is 0 Å². The van der Waals surface area contributed by atoms with Crippen molar-refractivity contribution in [1.82, 2.24) is 21.3 Å². The van der Waals surface area contributed by atoms with E-state index in [0.29, 0.717) is 0 Å². The molecule has 0 radical (unpaired) electrons. The average Bonchev–Trinajstić information content (AvgIpc) is 0.754. The van der Waals surface area contributed by atoms with Gasteiger partial charge in [-0.05, 0) is 6.92 Å². The summed E-state index contributed by atoms with van der Waals surface area (Å²) in [5.41, 5.74) is 0. The van der Waals surface area contributed by atoms with Gasteiger partial charge >= 0.3 is 0 Å². The first-order chi connectivity index (χ1) is 68.1. The number of hydrogen-bond donors (Lipinski definition) is 37. The number of nitrogens with one attached hydrogen (secondary N) is 4. The topological polar surface area (TPSA) is 996 Å². The Morgan fingerprint density at radius 2 is 0.424 bits per heavy atom. The summed E-state index contributed by atoms with van der Waals surface area (Å²) in [6.45, 7) is -7.77. The number of carbonyl (C=O) groups is 4. The molecule has 0 unspecified atom stereocenters. The second-order valence-electron chi connectivity index (χ2n) is 36.6. The van der Waals surface area contributed by atoms with Gasteiger partial charge in [0.25, 0.3) is 0 Å². The number of ether oxygens (including phenoxy) is 23. The van der Waals surface area contributed by atoms with E-state index in [0.717, 1.165) is 27.7 Å². The van der Waals surface area contributed by atoms with Crippen LogP contribution in [-0.4, -0.2) is 633 Å². The van der Waals surface area contributed by atoms with Gasteiger partial charge in [-0.1, -0.05) is 0 Å². The van der Waals surface area contributed by atoms with Crippen LogP contribution < -0.4 is 21.3 Å². The SMILES string of the molecule is CC(=O)N[C@@H]1[C@@H](O)[C@H](O[C@@H]2O[C@H](CO)[C@@H](O[C@@H]3O[C@H](CO[C@H]4O[C@H](CO)[C@@H](O)[C@H](O)[C@@H]4O[C@@H]4O[C@H](CO)[C@@H](O[C@@H]5O[C@H](CO)[C@H](O)[C@H](O[C@@H]6O[C@H](CO)[C@H](O)[C@H](O)[C@H]6O)[C@H]5O)[C@H](O)[C@H]4NC(C)=O)[C@@H](O)[C@H](O[C@H]4O[C@H](CO)[C@@H](O)[C@H](O)[C@@H]4O[C@@H]4O[C@H](CO)[C@@H](O[C@@H]5O[C@H](CO)[C@H](O)[C@H](O[C@@H]6O[C@H](CO)[C@H](O)[C@H](O)[C@H]6O)[C@H]5O)[C@H](O)[C@H]4NC(C)=O)[C@@H]3O)[C@H](O)[C@H]2NC(C)=O)[C@@H](CO[C@@H]2O[C@@H](C)[C@@H](O)[C@@H](O)[C@@H]2O)O[C@H]1O. The van der Waals surface area contributed by atoms with Crippen LogP contribution in [0, 0.1) is 0 Å². The molecule has 60 atom stereocenters. The van der Waals surface area contributed by atoms with Crippen LogP contribution in [0.3, 0.4) is 0 Å². The Balaban J connectivity index is 0.856. The normalized spacial score (nSPS) is 50.4. The molecular weight excluding hydrogens is 1980 g/mol. The number of amides is 4. The highest BCUT2D eigenvalue weighted by Gasteiger charge is 2.64. The predicted octanol–water partition coefficient (Wildman–Crippen LogP) is -25.6. The zero-order valence-electron chi connectivity index (χ0n) is 77.2. The summed E-state index contributed by atoms with van der Waals surface area (Å²) in [7, 11) is 0. The van der Waals surface area contributed by atoms with E-state index in [-0.39, 0.29) is 0 Å². The molecule has 64 nitrogen and oxygen atoms in total. The molecule has 0 aromatic carbocycles. The fraction of sp³-hybridized carbons (Fsp3) is 0.950. The Morgan fingerprint density at radius 1 is 0.194 bits per heavy atom. The minimum atomic E-state index is -2.71. The van der Waals surface area contributed by atoms with Gasteiger partial charge in [-0.3, -0.25) is 19.2 Å². The van der Waals surface area contributed by atoms with Crippen molar-refractivity contribution in [3.05, 3.63) is 0 Å². The second-order valence-corrected chi connectivity index (χ2v) is 36.6. The molecule has 0 aromatic rings. The monoisotopic (exact) mass is 2110 g/mol. The van der Waals surface area contributed by atoms with Crippen molar-refractivity contribution in [2.24, 2.45) is 0 Å². The summed E-state index contributed by atoms with van der Waals surface area (Å²) in [6.07, 6.45) is -120. The zero-order chi connectivity index (χ0) is 106. The standard InChI is InChI=1S/C80H134N4O60/c1-17-37(98)49(110)54(115)73(124-17)122-16-32-63(45(106)33(69(121)125-32)81-18(2)94)136-70-34(82-19(3)95)46(107)62(28(12-91)132-70)139-78-59(120)66(142-80-68(53(114)41(102)25(9-88)131-80)144-72-36(84-21(5)97)48(109)61(30(14-93)134-72)138-77-58(119)65(43(104)27(11-90)129-77)141-75-56(117)51(112)39(100)23(7-86)127-75)44(105)31(135-78)15-123-79-67(52(113)40(101)24(8-87)130-79)143-71-35(83-20(4)96)47(108)60(29(13-92)133-71)137-76-57(118)64(42(103)26(10-89)128-76)140-74-55(116)50(111)38(99)22(6-85)126-74/h17,22-80,85-93,98-121H,6-16H2,1-5H3,(H,81,94)(H,82,95)(H,83,96)(H,84,97)/t17-,22+,23+,24+,25+,26+,27+,28+,29+,30+,31+,32+,33+,34+,35+,36+,37+,38-,39-,40+,41+,42-,43-,44+,45+,46+,47+,48+,49+,50-,51-,52-,53-,54-,55+,56+,57+,58+,59-,60+,61+,62+,63+,64-,65-,66-,67-,68-,69+,70-,71-,72-,73+,74-,75-,76-,77-,78-,79-,80+/m0/s1. The van der Waals surface area contributed by atoms with Crippen LogP contribution in [0.5, 0.6) is 0 Å². The summed E-state index contributed by atoms with van der Waals surface area (Å²) < 4.78 is 137. The second kappa shape index (κ2) is 51.6. The Hall–Kier alpha value is -4.36. The van der Waals surface area contributed by atoms with Crippen molar-refractivity contribution in [1.29, 1.82) is 0 Å². The molecule has 4 amide bonds. The predicted molar refractivity (Wildman–Crippen MR) is 440 cm³/mol. The van der Waals surface area contributed by atoms with E-state index >= 15 is 0 Å². The van der Waals surface area contributed by atoms with Crippen LogP contribution in [0.1, 0.15) is 34.6 Å². The minimum Gasteiger partial charge on any atom is -0.394 e. The smallest absolute Gasteiger partial charge is 0.217 e. The third-order valence-electron chi connectivity index (χ3n) is 26.6. The first kappa shape index (κ1) is 118. The summed E-state index contributed by atoms with van der Waals surface area (Å²) in [5.74, 6) is -3.98. The van der Waals surface area contributed by atoms with Gasteiger partial charge in [0.2, 0.25) is 23.6 Å². The van der Waals surface area contributed by atoms with E-state index in [1.165, 1.54) is 6.92 Å². The molecule has 12 aliphatic rings. The molecule has 0 aromatic heterocycles. The highest BCUT2D eigenvalue weighted by molar-refractivity contribution is 5.74. The Morgan fingerprint density at radius 3 is 0.778 bits per heavy atom. The Kier molecular flexibility index (Phi) is 42.4. The molecule has 0 aliphatic carbocycles. The van der Waals surface area contributed by atoms with Crippen LogP contribution in [0.2, 0.25) is 0 Å². The Labute approximate surface area is 814 Å². The maximum absolute atomic E-state index is 13.4. The summed E-state index contributed by atoms with van der Waals surface area (Å²) in [5, 5.41) is 380. The number of rotatable bonds is 37. The van der Waals surface area contributed by atoms with E-state index in [9.17, 15) is 188 Å². The average molecular weight is 2110 g/mol. The molecule has 37 N–H and O–H groups in total.